The lowest BCUT2D eigenvalue weighted by Gasteiger charge is -2.35. The van der Waals surface area contributed by atoms with Gasteiger partial charge in [0.05, 0.1) is 19.9 Å². The van der Waals surface area contributed by atoms with Crippen molar-refractivity contribution in [2.75, 3.05) is 50.6 Å². The maximum absolute atomic E-state index is 13.5. The van der Waals surface area contributed by atoms with E-state index in [4.69, 9.17) is 9.47 Å². The summed E-state index contributed by atoms with van der Waals surface area (Å²) in [6.45, 7) is 6.44. The molecule has 0 atom stereocenters. The van der Waals surface area contributed by atoms with E-state index in [1.54, 1.807) is 25.9 Å². The summed E-state index contributed by atoms with van der Waals surface area (Å²) >= 11 is 0. The van der Waals surface area contributed by atoms with Crippen molar-refractivity contribution in [1.29, 1.82) is 0 Å². The maximum atomic E-state index is 13.5. The number of nitrogens with one attached hydrogen (secondary N) is 1. The number of ether oxygens (including phenoxy) is 2. The molecule has 1 aliphatic rings. The van der Waals surface area contributed by atoms with E-state index in [1.165, 1.54) is 5.56 Å². The number of piperazine rings is 1. The first-order chi connectivity index (χ1) is 18.8. The van der Waals surface area contributed by atoms with Crippen LogP contribution in [0.4, 0.5) is 17.3 Å². The number of nitrogens with zero attached hydrogens (tertiary/aromatic N) is 6. The number of rotatable bonds is 7. The summed E-state index contributed by atoms with van der Waals surface area (Å²) in [7, 11) is 5.01. The van der Waals surface area contributed by atoms with Crippen molar-refractivity contribution >= 4 is 23.2 Å². The van der Waals surface area contributed by atoms with Crippen LogP contribution in [0.5, 0.6) is 11.5 Å². The van der Waals surface area contributed by atoms with Gasteiger partial charge in [0.2, 0.25) is 0 Å². The van der Waals surface area contributed by atoms with Gasteiger partial charge in [0.15, 0.2) is 0 Å². The summed E-state index contributed by atoms with van der Waals surface area (Å²) in [5, 5.41) is 7.97. The molecule has 0 spiro atoms. The average Bonchev–Trinajstić information content (AvgIpc) is 3.34. The van der Waals surface area contributed by atoms with Gasteiger partial charge in [-0.1, -0.05) is 17.7 Å². The smallest absolute Gasteiger partial charge is 0.272 e. The standard InChI is InChI=1S/C29H33N7O3/c1-19-6-8-21(9-7-19)32-27-18-28(31-20(2)30-27)35-12-14-36(15-13-35)29(37)25-17-24(33-34(25)3)23-16-22(38-4)10-11-26(23)39-5/h6-11,16-18H,12-15H2,1-5H3,(H,30,31,32). The molecule has 0 saturated carbocycles. The molecular weight excluding hydrogens is 494 g/mol. The Morgan fingerprint density at radius 3 is 2.33 bits per heavy atom. The van der Waals surface area contributed by atoms with Crippen molar-refractivity contribution in [2.24, 2.45) is 7.05 Å². The van der Waals surface area contributed by atoms with E-state index in [0.717, 1.165) is 22.9 Å². The molecule has 3 heterocycles. The molecule has 1 N–H and O–H groups in total. The van der Waals surface area contributed by atoms with Gasteiger partial charge < -0.3 is 24.6 Å². The Morgan fingerprint density at radius 1 is 0.897 bits per heavy atom. The lowest BCUT2D eigenvalue weighted by atomic mass is 10.1. The van der Waals surface area contributed by atoms with Crippen LogP contribution >= 0.6 is 0 Å². The average molecular weight is 528 g/mol. The van der Waals surface area contributed by atoms with E-state index < -0.39 is 0 Å². The number of benzene rings is 2. The van der Waals surface area contributed by atoms with Gasteiger partial charge in [-0.15, -0.1) is 0 Å². The highest BCUT2D eigenvalue weighted by atomic mass is 16.5. The molecule has 1 amide bonds. The van der Waals surface area contributed by atoms with E-state index >= 15 is 0 Å². The Morgan fingerprint density at radius 2 is 1.64 bits per heavy atom. The molecule has 0 aliphatic carbocycles. The lowest BCUT2D eigenvalue weighted by Crippen LogP contribution is -2.49. The first kappa shape index (κ1) is 26.0. The lowest BCUT2D eigenvalue weighted by molar-refractivity contribution is 0.0735. The Hall–Kier alpha value is -4.60. The quantitative estimate of drug-likeness (QED) is 0.382. The SMILES string of the molecule is COc1ccc(OC)c(-c2cc(C(=O)N3CCN(c4cc(Nc5ccc(C)cc5)nc(C)n4)CC3)n(C)n2)c1. The second-order valence-corrected chi connectivity index (χ2v) is 9.53. The number of amides is 1. The summed E-state index contributed by atoms with van der Waals surface area (Å²) < 4.78 is 12.5. The number of methoxy groups -OCH3 is 2. The molecule has 202 valence electrons. The van der Waals surface area contributed by atoms with Crippen LogP contribution in [0.25, 0.3) is 11.3 Å². The van der Waals surface area contributed by atoms with Gasteiger partial charge >= 0.3 is 0 Å². The molecule has 1 aliphatic heterocycles. The summed E-state index contributed by atoms with van der Waals surface area (Å²) in [6.07, 6.45) is 0. The Bertz CT molecular complexity index is 1470. The fourth-order valence-electron chi connectivity index (χ4n) is 4.68. The van der Waals surface area contributed by atoms with Gasteiger partial charge in [0.1, 0.15) is 34.7 Å². The van der Waals surface area contributed by atoms with Gasteiger partial charge in [0.25, 0.3) is 5.91 Å². The highest BCUT2D eigenvalue weighted by molar-refractivity contribution is 5.94. The first-order valence-electron chi connectivity index (χ1n) is 12.8. The summed E-state index contributed by atoms with van der Waals surface area (Å²) in [5.74, 6) is 3.58. The normalized spacial score (nSPS) is 13.4. The molecule has 39 heavy (non-hydrogen) atoms. The highest BCUT2D eigenvalue weighted by Crippen LogP contribution is 2.33. The van der Waals surface area contributed by atoms with Crippen LogP contribution in [0.3, 0.4) is 0 Å². The second kappa shape index (κ2) is 11.0. The molecule has 1 saturated heterocycles. The van der Waals surface area contributed by atoms with Crippen LogP contribution in [0.1, 0.15) is 21.9 Å². The number of carbonyl (C=O) groups is 1. The van der Waals surface area contributed by atoms with E-state index in [9.17, 15) is 4.79 Å². The van der Waals surface area contributed by atoms with Crippen LogP contribution in [-0.4, -0.2) is 71.0 Å². The monoisotopic (exact) mass is 527 g/mol. The molecule has 2 aromatic carbocycles. The van der Waals surface area contributed by atoms with Crippen LogP contribution in [0.2, 0.25) is 0 Å². The van der Waals surface area contributed by atoms with Gasteiger partial charge in [-0.05, 0) is 50.2 Å². The molecule has 0 radical (unpaired) electrons. The van der Waals surface area contributed by atoms with E-state index in [1.807, 2.05) is 54.3 Å². The fraction of sp³-hybridized carbons (Fsp3) is 0.310. The minimum atomic E-state index is -0.0571. The van der Waals surface area contributed by atoms with E-state index in [-0.39, 0.29) is 5.91 Å². The molecule has 0 unspecified atom stereocenters. The Kier molecular flexibility index (Phi) is 7.36. The molecule has 10 heteroatoms. The number of anilines is 3. The molecule has 4 aromatic rings. The molecule has 1 fully saturated rings. The molecule has 5 rings (SSSR count). The zero-order valence-corrected chi connectivity index (χ0v) is 22.9. The summed E-state index contributed by atoms with van der Waals surface area (Å²) in [5.41, 5.74) is 4.12. The minimum Gasteiger partial charge on any atom is -0.497 e. The van der Waals surface area contributed by atoms with Crippen molar-refractivity contribution in [1.82, 2.24) is 24.6 Å². The topological polar surface area (TPSA) is 97.6 Å². The van der Waals surface area contributed by atoms with Crippen LogP contribution in [0.15, 0.2) is 54.6 Å². The third kappa shape index (κ3) is 5.64. The van der Waals surface area contributed by atoms with Crippen LogP contribution < -0.4 is 19.7 Å². The summed E-state index contributed by atoms with van der Waals surface area (Å²) in [4.78, 5) is 26.7. The van der Waals surface area contributed by atoms with Crippen molar-refractivity contribution in [2.45, 2.75) is 13.8 Å². The zero-order valence-electron chi connectivity index (χ0n) is 22.9. The predicted molar refractivity (Wildman–Crippen MR) is 151 cm³/mol. The van der Waals surface area contributed by atoms with Gasteiger partial charge in [-0.2, -0.15) is 5.10 Å². The minimum absolute atomic E-state index is 0.0571. The van der Waals surface area contributed by atoms with E-state index in [0.29, 0.717) is 54.9 Å². The largest absolute Gasteiger partial charge is 0.497 e. The number of hydrogen-bond donors (Lipinski definition) is 1. The molecule has 10 nitrogen and oxygen atoms in total. The zero-order chi connectivity index (χ0) is 27.5. The fourth-order valence-corrected chi connectivity index (χ4v) is 4.68. The maximum Gasteiger partial charge on any atom is 0.272 e. The van der Waals surface area contributed by atoms with Crippen molar-refractivity contribution in [3.63, 3.8) is 0 Å². The third-order valence-corrected chi connectivity index (χ3v) is 6.82. The Labute approximate surface area is 228 Å². The van der Waals surface area contributed by atoms with E-state index in [2.05, 4.69) is 44.3 Å². The van der Waals surface area contributed by atoms with Crippen LogP contribution in [-0.2, 0) is 7.05 Å². The third-order valence-electron chi connectivity index (χ3n) is 6.82. The molecule has 0 bridgehead atoms. The predicted octanol–water partition coefficient (Wildman–Crippen LogP) is 4.22. The van der Waals surface area contributed by atoms with Crippen LogP contribution in [0, 0.1) is 13.8 Å². The van der Waals surface area contributed by atoms with Gasteiger partial charge in [0, 0.05) is 50.5 Å². The first-order valence-corrected chi connectivity index (χ1v) is 12.8. The van der Waals surface area contributed by atoms with Gasteiger partial charge in [-0.3, -0.25) is 9.48 Å². The second-order valence-electron chi connectivity index (χ2n) is 9.53. The summed E-state index contributed by atoms with van der Waals surface area (Å²) in [6, 6.07) is 17.5. The molecule has 2 aromatic heterocycles. The number of aryl methyl sites for hydroxylation is 3. The van der Waals surface area contributed by atoms with Crippen molar-refractivity contribution < 1.29 is 14.3 Å². The van der Waals surface area contributed by atoms with Gasteiger partial charge in [-0.25, -0.2) is 9.97 Å². The highest BCUT2D eigenvalue weighted by Gasteiger charge is 2.26. The number of carbonyl (C=O) groups excluding carboxylic acids is 1. The Balaban J connectivity index is 1.28. The van der Waals surface area contributed by atoms with Crippen molar-refractivity contribution in [3.8, 4) is 22.8 Å². The number of aromatic nitrogens is 4. The number of hydrogen-bond acceptors (Lipinski definition) is 8. The van der Waals surface area contributed by atoms with Crippen molar-refractivity contribution in [3.05, 3.63) is 71.7 Å². The molecular formula is C29H33N7O3.